The second-order valence-corrected chi connectivity index (χ2v) is 5.07. The molecule has 4 nitrogen and oxygen atoms in total. The van der Waals surface area contributed by atoms with Crippen molar-refractivity contribution in [1.82, 2.24) is 14.5 Å². The molecule has 0 atom stereocenters. The molecule has 5 heteroatoms. The zero-order valence-electron chi connectivity index (χ0n) is 11.5. The maximum atomic E-state index is 5.96. The Balaban J connectivity index is 1.99. The average molecular weight is 282 g/mol. The molecule has 19 heavy (non-hydrogen) atoms. The minimum absolute atomic E-state index is 0.304. The molecule has 0 aromatic carbocycles. The number of fused-ring (bicyclic) bond motifs is 1. The molecule has 0 saturated carbocycles. The number of aromatic nitrogens is 3. The maximum absolute atomic E-state index is 5.96. The molecular weight excluding hydrogens is 262 g/mol. The number of pyridine rings is 1. The summed E-state index contributed by atoms with van der Waals surface area (Å²) in [5.41, 5.74) is 2.02. The van der Waals surface area contributed by atoms with Crippen LogP contribution in [0.3, 0.4) is 0 Å². The van der Waals surface area contributed by atoms with Gasteiger partial charge in [-0.15, -0.1) is 11.6 Å². The lowest BCUT2D eigenvalue weighted by Gasteiger charge is -2.09. The third-order valence-corrected chi connectivity index (χ3v) is 3.22. The quantitative estimate of drug-likeness (QED) is 0.577. The first kappa shape index (κ1) is 14.3. The summed E-state index contributed by atoms with van der Waals surface area (Å²) in [5.74, 6) is 1.34. The number of unbranched alkanes of at least 4 members (excludes halogenated alkanes) is 1. The van der Waals surface area contributed by atoms with Crippen molar-refractivity contribution in [2.45, 2.75) is 45.2 Å². The van der Waals surface area contributed by atoms with Gasteiger partial charge in [0.05, 0.1) is 23.7 Å². The second-order valence-electron chi connectivity index (χ2n) is 4.80. The van der Waals surface area contributed by atoms with Crippen molar-refractivity contribution in [1.29, 1.82) is 0 Å². The highest BCUT2D eigenvalue weighted by Gasteiger charge is 2.09. The Bertz CT molecular complexity index is 524. The Morgan fingerprint density at radius 3 is 2.95 bits per heavy atom. The van der Waals surface area contributed by atoms with Gasteiger partial charge in [-0.3, -0.25) is 4.98 Å². The molecule has 2 heterocycles. The SMILES string of the molecule is CC(C)OCCCCn1c(CCl)nc2cnccc21. The van der Waals surface area contributed by atoms with Crippen LogP contribution in [0.2, 0.25) is 0 Å². The van der Waals surface area contributed by atoms with E-state index in [1.807, 2.05) is 6.07 Å². The highest BCUT2D eigenvalue weighted by Crippen LogP contribution is 2.17. The minimum atomic E-state index is 0.304. The van der Waals surface area contributed by atoms with E-state index in [-0.39, 0.29) is 0 Å². The van der Waals surface area contributed by atoms with Crippen LogP contribution in [0.15, 0.2) is 18.5 Å². The Labute approximate surface area is 118 Å². The normalized spacial score (nSPS) is 11.6. The van der Waals surface area contributed by atoms with Gasteiger partial charge in [-0.25, -0.2) is 4.98 Å². The lowest BCUT2D eigenvalue weighted by molar-refractivity contribution is 0.0754. The third kappa shape index (κ3) is 3.67. The van der Waals surface area contributed by atoms with E-state index in [1.165, 1.54) is 0 Å². The van der Waals surface area contributed by atoms with Crippen LogP contribution in [0, 0.1) is 0 Å². The summed E-state index contributed by atoms with van der Waals surface area (Å²) in [7, 11) is 0. The summed E-state index contributed by atoms with van der Waals surface area (Å²) in [6.07, 6.45) is 5.98. The molecule has 0 N–H and O–H groups in total. The van der Waals surface area contributed by atoms with Crippen LogP contribution in [0.1, 0.15) is 32.5 Å². The molecule has 0 aliphatic carbocycles. The topological polar surface area (TPSA) is 39.9 Å². The van der Waals surface area contributed by atoms with Gasteiger partial charge in [-0.1, -0.05) is 0 Å². The highest BCUT2D eigenvalue weighted by atomic mass is 35.5. The molecule has 0 bridgehead atoms. The summed E-state index contributed by atoms with van der Waals surface area (Å²) in [6, 6.07) is 1.99. The summed E-state index contributed by atoms with van der Waals surface area (Å²) in [6.45, 7) is 5.84. The fourth-order valence-electron chi connectivity index (χ4n) is 2.07. The molecule has 2 aromatic rings. The largest absolute Gasteiger partial charge is 0.379 e. The van der Waals surface area contributed by atoms with Gasteiger partial charge >= 0.3 is 0 Å². The molecule has 0 aliphatic rings. The predicted molar refractivity (Wildman–Crippen MR) is 77.4 cm³/mol. The van der Waals surface area contributed by atoms with Gasteiger partial charge in [0, 0.05) is 19.3 Å². The number of rotatable bonds is 7. The van der Waals surface area contributed by atoms with Crippen molar-refractivity contribution >= 4 is 22.6 Å². The van der Waals surface area contributed by atoms with E-state index in [0.717, 1.165) is 42.9 Å². The lowest BCUT2D eigenvalue weighted by Crippen LogP contribution is -2.07. The van der Waals surface area contributed by atoms with Crippen molar-refractivity contribution < 1.29 is 4.74 Å². The smallest absolute Gasteiger partial charge is 0.124 e. The first-order valence-electron chi connectivity index (χ1n) is 6.69. The Kier molecular flexibility index (Phi) is 5.16. The Morgan fingerprint density at radius 2 is 2.21 bits per heavy atom. The van der Waals surface area contributed by atoms with Gasteiger partial charge in [0.2, 0.25) is 0 Å². The van der Waals surface area contributed by atoms with Crippen molar-refractivity contribution in [2.75, 3.05) is 6.61 Å². The summed E-state index contributed by atoms with van der Waals surface area (Å²) in [4.78, 5) is 8.59. The van der Waals surface area contributed by atoms with Crippen LogP contribution in [-0.4, -0.2) is 27.2 Å². The molecule has 0 aliphatic heterocycles. The van der Waals surface area contributed by atoms with E-state index < -0.39 is 0 Å². The number of halogens is 1. The van der Waals surface area contributed by atoms with Crippen molar-refractivity contribution in [3.8, 4) is 0 Å². The molecule has 0 spiro atoms. The number of hydrogen-bond donors (Lipinski definition) is 0. The van der Waals surface area contributed by atoms with Crippen molar-refractivity contribution in [2.24, 2.45) is 0 Å². The zero-order chi connectivity index (χ0) is 13.7. The molecule has 0 unspecified atom stereocenters. The van der Waals surface area contributed by atoms with Gasteiger partial charge < -0.3 is 9.30 Å². The van der Waals surface area contributed by atoms with E-state index >= 15 is 0 Å². The van der Waals surface area contributed by atoms with E-state index in [0.29, 0.717) is 12.0 Å². The monoisotopic (exact) mass is 281 g/mol. The molecular formula is C14H20ClN3O. The van der Waals surface area contributed by atoms with Gasteiger partial charge in [-0.2, -0.15) is 0 Å². The number of nitrogens with zero attached hydrogens (tertiary/aromatic N) is 3. The molecule has 2 rings (SSSR count). The van der Waals surface area contributed by atoms with E-state index in [2.05, 4.69) is 28.4 Å². The molecule has 0 fully saturated rings. The Morgan fingerprint density at radius 1 is 1.37 bits per heavy atom. The molecule has 0 saturated heterocycles. The Hall–Kier alpha value is -1.13. The standard InChI is InChI=1S/C14H20ClN3O/c1-11(2)19-8-4-3-7-18-13-5-6-16-10-12(13)17-14(18)9-15/h5-6,10-11H,3-4,7-9H2,1-2H3. The third-order valence-electron chi connectivity index (χ3n) is 2.98. The van der Waals surface area contributed by atoms with Crippen LogP contribution in [0.25, 0.3) is 11.0 Å². The lowest BCUT2D eigenvalue weighted by atomic mass is 10.3. The van der Waals surface area contributed by atoms with Crippen LogP contribution in [0.4, 0.5) is 0 Å². The number of imidazole rings is 1. The second kappa shape index (κ2) is 6.87. The summed E-state index contributed by atoms with van der Waals surface area (Å²) in [5, 5.41) is 0. The summed E-state index contributed by atoms with van der Waals surface area (Å²) >= 11 is 5.96. The first-order chi connectivity index (χ1) is 9.22. The maximum Gasteiger partial charge on any atom is 0.124 e. The zero-order valence-corrected chi connectivity index (χ0v) is 12.2. The minimum Gasteiger partial charge on any atom is -0.379 e. The van der Waals surface area contributed by atoms with Gasteiger partial charge in [0.15, 0.2) is 0 Å². The average Bonchev–Trinajstić information content (AvgIpc) is 2.76. The molecule has 0 amide bonds. The summed E-state index contributed by atoms with van der Waals surface area (Å²) < 4.78 is 7.72. The fourth-order valence-corrected chi connectivity index (χ4v) is 2.28. The van der Waals surface area contributed by atoms with Gasteiger partial charge in [0.1, 0.15) is 11.3 Å². The van der Waals surface area contributed by atoms with Crippen LogP contribution in [0.5, 0.6) is 0 Å². The van der Waals surface area contributed by atoms with Crippen LogP contribution < -0.4 is 0 Å². The predicted octanol–water partition coefficient (Wildman–Crippen LogP) is 3.38. The first-order valence-corrected chi connectivity index (χ1v) is 7.22. The van der Waals surface area contributed by atoms with E-state index in [4.69, 9.17) is 16.3 Å². The number of ether oxygens (including phenoxy) is 1. The van der Waals surface area contributed by atoms with Gasteiger partial charge in [-0.05, 0) is 32.8 Å². The van der Waals surface area contributed by atoms with E-state index in [1.54, 1.807) is 12.4 Å². The highest BCUT2D eigenvalue weighted by molar-refractivity contribution is 6.16. The number of hydrogen-bond acceptors (Lipinski definition) is 3. The molecule has 2 aromatic heterocycles. The van der Waals surface area contributed by atoms with E-state index in [9.17, 15) is 0 Å². The number of alkyl halides is 1. The number of aryl methyl sites for hydroxylation is 1. The van der Waals surface area contributed by atoms with Crippen molar-refractivity contribution in [3.05, 3.63) is 24.3 Å². The van der Waals surface area contributed by atoms with Crippen LogP contribution in [-0.2, 0) is 17.2 Å². The van der Waals surface area contributed by atoms with Crippen LogP contribution >= 0.6 is 11.6 Å². The van der Waals surface area contributed by atoms with Gasteiger partial charge in [0.25, 0.3) is 0 Å². The van der Waals surface area contributed by atoms with Crippen molar-refractivity contribution in [3.63, 3.8) is 0 Å². The molecule has 0 radical (unpaired) electrons. The fraction of sp³-hybridized carbons (Fsp3) is 0.571. The molecule has 104 valence electrons.